The first-order valence-electron chi connectivity index (χ1n) is 5.25. The normalized spacial score (nSPS) is 9.56. The fraction of sp³-hybridized carbons (Fsp3) is 0.0769. The number of hydrogen-bond acceptors (Lipinski definition) is 4. The SMILES string of the molecule is Cl.Nc1ccc(O)c(CNc2cccc(O)c2)c1. The van der Waals surface area contributed by atoms with E-state index in [0.717, 1.165) is 5.69 Å². The maximum Gasteiger partial charge on any atom is 0.120 e. The van der Waals surface area contributed by atoms with Gasteiger partial charge in [0.05, 0.1) is 0 Å². The smallest absolute Gasteiger partial charge is 0.120 e. The summed E-state index contributed by atoms with van der Waals surface area (Å²) in [6.45, 7) is 0.445. The Kier molecular flexibility index (Phi) is 4.68. The maximum absolute atomic E-state index is 9.62. The van der Waals surface area contributed by atoms with Crippen LogP contribution in [0.4, 0.5) is 11.4 Å². The summed E-state index contributed by atoms with van der Waals surface area (Å²) in [7, 11) is 0. The summed E-state index contributed by atoms with van der Waals surface area (Å²) in [6.07, 6.45) is 0. The van der Waals surface area contributed by atoms with Gasteiger partial charge in [-0.1, -0.05) is 6.07 Å². The third-order valence-electron chi connectivity index (χ3n) is 2.43. The second kappa shape index (κ2) is 6.02. The molecule has 0 heterocycles. The molecule has 0 radical (unpaired) electrons. The lowest BCUT2D eigenvalue weighted by atomic mass is 10.1. The van der Waals surface area contributed by atoms with Crippen molar-refractivity contribution in [1.82, 2.24) is 0 Å². The molecule has 0 aliphatic rings. The summed E-state index contributed by atoms with van der Waals surface area (Å²) in [5.41, 5.74) is 7.75. The van der Waals surface area contributed by atoms with Crippen molar-refractivity contribution < 1.29 is 10.2 Å². The van der Waals surface area contributed by atoms with Crippen molar-refractivity contribution in [3.8, 4) is 11.5 Å². The van der Waals surface area contributed by atoms with E-state index in [-0.39, 0.29) is 23.9 Å². The third-order valence-corrected chi connectivity index (χ3v) is 2.43. The van der Waals surface area contributed by atoms with Gasteiger partial charge in [-0.2, -0.15) is 0 Å². The fourth-order valence-corrected chi connectivity index (χ4v) is 1.56. The quantitative estimate of drug-likeness (QED) is 0.509. The number of hydrogen-bond donors (Lipinski definition) is 4. The molecule has 0 aromatic heterocycles. The highest BCUT2D eigenvalue weighted by atomic mass is 35.5. The lowest BCUT2D eigenvalue weighted by Gasteiger charge is -2.09. The molecule has 0 aliphatic heterocycles. The average molecular weight is 267 g/mol. The number of benzene rings is 2. The van der Waals surface area contributed by atoms with Crippen LogP contribution < -0.4 is 11.1 Å². The molecule has 0 amide bonds. The summed E-state index contributed by atoms with van der Waals surface area (Å²) in [5, 5.41) is 22.0. The van der Waals surface area contributed by atoms with Crippen molar-refractivity contribution in [1.29, 1.82) is 0 Å². The molecule has 0 saturated heterocycles. The van der Waals surface area contributed by atoms with Gasteiger partial charge in [0.25, 0.3) is 0 Å². The van der Waals surface area contributed by atoms with E-state index >= 15 is 0 Å². The highest BCUT2D eigenvalue weighted by Crippen LogP contribution is 2.22. The maximum atomic E-state index is 9.62. The van der Waals surface area contributed by atoms with Crippen LogP contribution in [0.2, 0.25) is 0 Å². The lowest BCUT2D eigenvalue weighted by molar-refractivity contribution is 0.469. The molecule has 0 aliphatic carbocycles. The molecule has 96 valence electrons. The molecule has 0 bridgehead atoms. The van der Waals surface area contributed by atoms with Crippen LogP contribution in [0, 0.1) is 0 Å². The lowest BCUT2D eigenvalue weighted by Crippen LogP contribution is -2.00. The largest absolute Gasteiger partial charge is 0.508 e. The fourth-order valence-electron chi connectivity index (χ4n) is 1.56. The van der Waals surface area contributed by atoms with Crippen LogP contribution in [-0.4, -0.2) is 10.2 Å². The standard InChI is InChI=1S/C13H14N2O2.ClH/c14-10-4-5-13(17)9(6-10)8-15-11-2-1-3-12(16)7-11;/h1-7,15-17H,8,14H2;1H. The first kappa shape index (κ1) is 14.0. The Bertz CT molecular complexity index is 532. The molecule has 0 atom stereocenters. The van der Waals surface area contributed by atoms with E-state index in [0.29, 0.717) is 17.8 Å². The predicted octanol–water partition coefficient (Wildman–Crippen LogP) is 2.71. The monoisotopic (exact) mass is 266 g/mol. The zero-order valence-electron chi connectivity index (χ0n) is 9.63. The number of phenolic OH excluding ortho intramolecular Hbond substituents is 2. The number of nitrogens with two attached hydrogens (primary N) is 1. The third kappa shape index (κ3) is 3.46. The molecule has 2 rings (SSSR count). The van der Waals surface area contributed by atoms with Gasteiger partial charge in [0, 0.05) is 29.5 Å². The molecule has 5 N–H and O–H groups in total. The minimum Gasteiger partial charge on any atom is -0.508 e. The number of halogens is 1. The van der Waals surface area contributed by atoms with Gasteiger partial charge in [-0.3, -0.25) is 0 Å². The van der Waals surface area contributed by atoms with Gasteiger partial charge in [-0.15, -0.1) is 12.4 Å². The first-order valence-corrected chi connectivity index (χ1v) is 5.25. The predicted molar refractivity (Wildman–Crippen MR) is 75.2 cm³/mol. The molecule has 2 aromatic carbocycles. The van der Waals surface area contributed by atoms with Crippen LogP contribution in [0.15, 0.2) is 42.5 Å². The Morgan fingerprint density at radius 1 is 1.06 bits per heavy atom. The van der Waals surface area contributed by atoms with E-state index in [4.69, 9.17) is 5.73 Å². The molecule has 0 fully saturated rings. The summed E-state index contributed by atoms with van der Waals surface area (Å²) < 4.78 is 0. The Hall–Kier alpha value is -2.07. The number of nitrogens with one attached hydrogen (secondary N) is 1. The minimum absolute atomic E-state index is 0. The van der Waals surface area contributed by atoms with Crippen molar-refractivity contribution in [2.45, 2.75) is 6.54 Å². The van der Waals surface area contributed by atoms with Gasteiger partial charge in [0.1, 0.15) is 11.5 Å². The second-order valence-electron chi connectivity index (χ2n) is 3.79. The Labute approximate surface area is 111 Å². The van der Waals surface area contributed by atoms with E-state index in [1.54, 1.807) is 36.4 Å². The minimum atomic E-state index is 0. The number of nitrogen functional groups attached to an aromatic ring is 1. The first-order chi connectivity index (χ1) is 8.15. The van der Waals surface area contributed by atoms with Crippen LogP contribution >= 0.6 is 12.4 Å². The Morgan fingerprint density at radius 2 is 1.83 bits per heavy atom. The molecule has 0 unspecified atom stereocenters. The van der Waals surface area contributed by atoms with E-state index in [9.17, 15) is 10.2 Å². The average Bonchev–Trinajstić information content (AvgIpc) is 2.30. The van der Waals surface area contributed by atoms with Crippen LogP contribution in [0.25, 0.3) is 0 Å². The molecule has 0 saturated carbocycles. The van der Waals surface area contributed by atoms with Crippen molar-refractivity contribution in [2.24, 2.45) is 0 Å². The highest BCUT2D eigenvalue weighted by Gasteiger charge is 2.01. The van der Waals surface area contributed by atoms with Crippen molar-refractivity contribution >= 4 is 23.8 Å². The van der Waals surface area contributed by atoms with Crippen LogP contribution in [-0.2, 0) is 6.54 Å². The van der Waals surface area contributed by atoms with E-state index < -0.39 is 0 Å². The van der Waals surface area contributed by atoms with E-state index in [1.165, 1.54) is 0 Å². The summed E-state index contributed by atoms with van der Waals surface area (Å²) in [4.78, 5) is 0. The van der Waals surface area contributed by atoms with E-state index in [1.807, 2.05) is 6.07 Å². The molecular formula is C13H15ClN2O2. The zero-order valence-corrected chi connectivity index (χ0v) is 10.4. The zero-order chi connectivity index (χ0) is 12.3. The Morgan fingerprint density at radius 3 is 2.56 bits per heavy atom. The van der Waals surface area contributed by atoms with Gasteiger partial charge in [0.15, 0.2) is 0 Å². The van der Waals surface area contributed by atoms with Gasteiger partial charge in [-0.25, -0.2) is 0 Å². The molecule has 2 aromatic rings. The van der Waals surface area contributed by atoms with Crippen molar-refractivity contribution in [3.05, 3.63) is 48.0 Å². The van der Waals surface area contributed by atoms with Crippen LogP contribution in [0.3, 0.4) is 0 Å². The van der Waals surface area contributed by atoms with Gasteiger partial charge < -0.3 is 21.3 Å². The van der Waals surface area contributed by atoms with Gasteiger partial charge in [0.2, 0.25) is 0 Å². The molecule has 5 heteroatoms. The molecular weight excluding hydrogens is 252 g/mol. The molecule has 18 heavy (non-hydrogen) atoms. The van der Waals surface area contributed by atoms with Gasteiger partial charge >= 0.3 is 0 Å². The van der Waals surface area contributed by atoms with Crippen molar-refractivity contribution in [3.63, 3.8) is 0 Å². The van der Waals surface area contributed by atoms with Crippen LogP contribution in [0.1, 0.15) is 5.56 Å². The highest BCUT2D eigenvalue weighted by molar-refractivity contribution is 5.85. The number of anilines is 2. The summed E-state index contributed by atoms with van der Waals surface area (Å²) >= 11 is 0. The van der Waals surface area contributed by atoms with Crippen LogP contribution in [0.5, 0.6) is 11.5 Å². The number of phenols is 2. The number of aromatic hydroxyl groups is 2. The topological polar surface area (TPSA) is 78.5 Å². The summed E-state index contributed by atoms with van der Waals surface area (Å²) in [6, 6.07) is 11.7. The van der Waals surface area contributed by atoms with Crippen molar-refractivity contribution in [2.75, 3.05) is 11.1 Å². The summed E-state index contributed by atoms with van der Waals surface area (Å²) in [5.74, 6) is 0.402. The number of rotatable bonds is 3. The van der Waals surface area contributed by atoms with Gasteiger partial charge in [-0.05, 0) is 30.3 Å². The molecule has 0 spiro atoms. The Balaban J connectivity index is 0.00000162. The van der Waals surface area contributed by atoms with E-state index in [2.05, 4.69) is 5.32 Å². The molecule has 4 nitrogen and oxygen atoms in total. The second-order valence-corrected chi connectivity index (χ2v) is 3.79.